The van der Waals surface area contributed by atoms with E-state index in [1.807, 2.05) is 13.8 Å². The molecule has 1 aliphatic heterocycles. The maximum Gasteiger partial charge on any atom is 0.191 e. The average Bonchev–Trinajstić information content (AvgIpc) is 2.77. The summed E-state index contributed by atoms with van der Waals surface area (Å²) in [6, 6.07) is 0. The number of nitrogens with zero attached hydrogens (tertiary/aromatic N) is 3. The molecule has 1 fully saturated rings. The summed E-state index contributed by atoms with van der Waals surface area (Å²) in [6.07, 6.45) is 0.217. The van der Waals surface area contributed by atoms with Crippen LogP contribution in [0.25, 0.3) is 0 Å². The second-order valence-corrected chi connectivity index (χ2v) is 6.59. The Bertz CT molecular complexity index is 494. The van der Waals surface area contributed by atoms with Gasteiger partial charge in [0.2, 0.25) is 0 Å². The summed E-state index contributed by atoms with van der Waals surface area (Å²) < 4.78 is 5.73. The number of guanidine groups is 1. The van der Waals surface area contributed by atoms with Crippen LogP contribution >= 0.6 is 35.3 Å². The van der Waals surface area contributed by atoms with Gasteiger partial charge in [-0.1, -0.05) is 0 Å². The van der Waals surface area contributed by atoms with Crippen LogP contribution in [0.3, 0.4) is 0 Å². The van der Waals surface area contributed by atoms with E-state index >= 15 is 0 Å². The number of aryl methyl sites for hydroxylation is 2. The first kappa shape index (κ1) is 19.6. The van der Waals surface area contributed by atoms with Crippen molar-refractivity contribution in [1.82, 2.24) is 20.5 Å². The number of halogens is 1. The largest absolute Gasteiger partial charge is 0.374 e. The molecule has 0 radical (unpaired) electrons. The Kier molecular flexibility index (Phi) is 8.58. The summed E-state index contributed by atoms with van der Waals surface area (Å²) in [5, 5.41) is 7.76. The summed E-state index contributed by atoms with van der Waals surface area (Å²) >= 11 is 1.73. The van der Waals surface area contributed by atoms with Crippen molar-refractivity contribution in [3.8, 4) is 0 Å². The number of ether oxygens (including phenoxy) is 1. The van der Waals surface area contributed by atoms with E-state index in [2.05, 4.69) is 32.6 Å². The zero-order valence-corrected chi connectivity index (χ0v) is 16.8. The molecular formula is C14H26IN5OS. The van der Waals surface area contributed by atoms with Crippen LogP contribution in [0.5, 0.6) is 0 Å². The van der Waals surface area contributed by atoms with Crippen LogP contribution in [0.4, 0.5) is 0 Å². The SMILES string of the molecule is CN=C(NCc1sc(C)nc1C)NCC1CN(C)CCO1.I. The molecule has 1 atom stereocenters. The molecule has 1 saturated heterocycles. The second-order valence-electron chi connectivity index (χ2n) is 5.30. The molecule has 0 aliphatic carbocycles. The van der Waals surface area contributed by atoms with Crippen molar-refractivity contribution in [3.05, 3.63) is 15.6 Å². The van der Waals surface area contributed by atoms with Gasteiger partial charge in [0.25, 0.3) is 0 Å². The van der Waals surface area contributed by atoms with Crippen molar-refractivity contribution < 1.29 is 4.74 Å². The number of aromatic nitrogens is 1. The van der Waals surface area contributed by atoms with Gasteiger partial charge in [0.15, 0.2) is 5.96 Å². The van der Waals surface area contributed by atoms with Crippen molar-refractivity contribution in [2.75, 3.05) is 40.3 Å². The number of thiazole rings is 1. The zero-order valence-electron chi connectivity index (χ0n) is 13.7. The van der Waals surface area contributed by atoms with Gasteiger partial charge in [-0.15, -0.1) is 35.3 Å². The number of hydrogen-bond donors (Lipinski definition) is 2. The molecule has 1 aromatic rings. The summed E-state index contributed by atoms with van der Waals surface area (Å²) in [7, 11) is 3.91. The van der Waals surface area contributed by atoms with Crippen molar-refractivity contribution >= 4 is 41.3 Å². The Morgan fingerprint density at radius 1 is 1.45 bits per heavy atom. The average molecular weight is 439 g/mol. The highest BCUT2D eigenvalue weighted by Crippen LogP contribution is 2.16. The lowest BCUT2D eigenvalue weighted by Gasteiger charge is -2.30. The van der Waals surface area contributed by atoms with Gasteiger partial charge in [-0.25, -0.2) is 4.98 Å². The number of morpholine rings is 1. The second kappa shape index (κ2) is 9.64. The summed E-state index contributed by atoms with van der Waals surface area (Å²) in [5.74, 6) is 0.803. The molecule has 6 nitrogen and oxygen atoms in total. The molecule has 8 heteroatoms. The molecule has 2 heterocycles. The van der Waals surface area contributed by atoms with E-state index in [9.17, 15) is 0 Å². The van der Waals surface area contributed by atoms with Crippen LogP contribution in [0.2, 0.25) is 0 Å². The maximum absolute atomic E-state index is 5.73. The highest BCUT2D eigenvalue weighted by molar-refractivity contribution is 14.0. The van der Waals surface area contributed by atoms with E-state index in [-0.39, 0.29) is 30.1 Å². The fourth-order valence-corrected chi connectivity index (χ4v) is 3.20. The molecule has 2 N–H and O–H groups in total. The molecule has 0 saturated carbocycles. The van der Waals surface area contributed by atoms with E-state index in [4.69, 9.17) is 4.74 Å². The van der Waals surface area contributed by atoms with Crippen LogP contribution in [0.1, 0.15) is 15.6 Å². The van der Waals surface area contributed by atoms with Gasteiger partial charge < -0.3 is 20.3 Å². The fraction of sp³-hybridized carbons (Fsp3) is 0.714. The molecule has 0 aromatic carbocycles. The zero-order chi connectivity index (χ0) is 15.2. The van der Waals surface area contributed by atoms with Crippen molar-refractivity contribution in [1.29, 1.82) is 0 Å². The quantitative estimate of drug-likeness (QED) is 0.422. The molecule has 1 aliphatic rings. The summed E-state index contributed by atoms with van der Waals surface area (Å²) in [4.78, 5) is 12.2. The number of hydrogen-bond acceptors (Lipinski definition) is 5. The minimum absolute atomic E-state index is 0. The van der Waals surface area contributed by atoms with E-state index in [0.717, 1.165) is 49.4 Å². The first-order chi connectivity index (χ1) is 10.1. The number of aliphatic imine (C=N–C) groups is 1. The molecule has 126 valence electrons. The van der Waals surface area contributed by atoms with Gasteiger partial charge >= 0.3 is 0 Å². The van der Waals surface area contributed by atoms with E-state index < -0.39 is 0 Å². The third kappa shape index (κ3) is 5.98. The number of rotatable bonds is 4. The predicted octanol–water partition coefficient (Wildman–Crippen LogP) is 1.37. The van der Waals surface area contributed by atoms with Gasteiger partial charge in [0.1, 0.15) is 0 Å². The van der Waals surface area contributed by atoms with Gasteiger partial charge in [0, 0.05) is 31.6 Å². The van der Waals surface area contributed by atoms with Crippen molar-refractivity contribution in [2.45, 2.75) is 26.5 Å². The smallest absolute Gasteiger partial charge is 0.191 e. The molecule has 0 spiro atoms. The van der Waals surface area contributed by atoms with Gasteiger partial charge in [-0.3, -0.25) is 4.99 Å². The molecule has 1 unspecified atom stereocenters. The van der Waals surface area contributed by atoms with Crippen LogP contribution in [-0.4, -0.2) is 62.3 Å². The lowest BCUT2D eigenvalue weighted by atomic mass is 10.3. The lowest BCUT2D eigenvalue weighted by molar-refractivity contribution is -0.0161. The van der Waals surface area contributed by atoms with Crippen LogP contribution in [0.15, 0.2) is 4.99 Å². The molecule has 0 amide bonds. The molecular weight excluding hydrogens is 413 g/mol. The molecule has 1 aromatic heterocycles. The number of nitrogens with one attached hydrogen (secondary N) is 2. The van der Waals surface area contributed by atoms with Crippen LogP contribution in [-0.2, 0) is 11.3 Å². The maximum atomic E-state index is 5.73. The Labute approximate surface area is 153 Å². The highest BCUT2D eigenvalue weighted by atomic mass is 127. The highest BCUT2D eigenvalue weighted by Gasteiger charge is 2.17. The molecule has 2 rings (SSSR count). The van der Waals surface area contributed by atoms with Crippen molar-refractivity contribution in [3.63, 3.8) is 0 Å². The Balaban J connectivity index is 0.00000242. The van der Waals surface area contributed by atoms with E-state index in [0.29, 0.717) is 0 Å². The first-order valence-electron chi connectivity index (χ1n) is 7.26. The summed E-state index contributed by atoms with van der Waals surface area (Å²) in [5.41, 5.74) is 1.10. The van der Waals surface area contributed by atoms with Gasteiger partial charge in [0.05, 0.1) is 30.0 Å². The number of likely N-dealkylation sites (N-methyl/N-ethyl adjacent to an activating group) is 1. The standard InChI is InChI=1S/C14H25N5OS.HI/c1-10-13(21-11(2)18-10)8-17-14(15-3)16-7-12-9-19(4)5-6-20-12;/h12H,5-9H2,1-4H3,(H2,15,16,17);1H. The fourth-order valence-electron chi connectivity index (χ4n) is 2.32. The van der Waals surface area contributed by atoms with Gasteiger partial charge in [-0.05, 0) is 20.9 Å². The Hall–Kier alpha value is -0.450. The minimum atomic E-state index is 0. The topological polar surface area (TPSA) is 61.8 Å². The minimum Gasteiger partial charge on any atom is -0.374 e. The molecule has 0 bridgehead atoms. The third-order valence-electron chi connectivity index (χ3n) is 3.48. The predicted molar refractivity (Wildman–Crippen MR) is 102 cm³/mol. The Morgan fingerprint density at radius 2 is 2.23 bits per heavy atom. The van der Waals surface area contributed by atoms with E-state index in [1.165, 1.54) is 4.88 Å². The monoisotopic (exact) mass is 439 g/mol. The first-order valence-corrected chi connectivity index (χ1v) is 8.07. The summed E-state index contributed by atoms with van der Waals surface area (Å²) in [6.45, 7) is 8.36. The lowest BCUT2D eigenvalue weighted by Crippen LogP contribution is -2.48. The van der Waals surface area contributed by atoms with Crippen LogP contribution in [0, 0.1) is 13.8 Å². The van der Waals surface area contributed by atoms with Gasteiger partial charge in [-0.2, -0.15) is 0 Å². The van der Waals surface area contributed by atoms with Crippen molar-refractivity contribution in [2.24, 2.45) is 4.99 Å². The molecule has 22 heavy (non-hydrogen) atoms. The van der Waals surface area contributed by atoms with E-state index in [1.54, 1.807) is 18.4 Å². The Morgan fingerprint density at radius 3 is 2.82 bits per heavy atom. The normalized spacial score (nSPS) is 19.6. The van der Waals surface area contributed by atoms with Crippen LogP contribution < -0.4 is 10.6 Å². The third-order valence-corrected chi connectivity index (χ3v) is 4.55.